The van der Waals surface area contributed by atoms with Crippen LogP contribution in [0.5, 0.6) is 0 Å². The van der Waals surface area contributed by atoms with E-state index in [1.54, 1.807) is 0 Å². The van der Waals surface area contributed by atoms with Crippen molar-refractivity contribution >= 4 is 28.9 Å². The average molecular weight is 493 g/mol. The molecule has 1 amide bonds. The Bertz CT molecular complexity index is 1180. The molecule has 1 spiro atoms. The molecule has 2 aliphatic heterocycles. The molecule has 2 aliphatic rings. The van der Waals surface area contributed by atoms with Crippen LogP contribution in [0.4, 0.5) is 18.9 Å². The molecule has 5 rings (SSSR count). The lowest BCUT2D eigenvalue weighted by atomic mass is 9.88. The minimum Gasteiger partial charge on any atom is -0.475 e. The van der Waals surface area contributed by atoms with Crippen molar-refractivity contribution in [3.05, 3.63) is 64.7 Å². The average Bonchev–Trinajstić information content (AvgIpc) is 3.57. The molecule has 11 heteroatoms. The number of carbonyl (C=O) groups is 2. The standard InChI is InChI=1S/C21H22N4OS.C2HF3O2/c1-2-11-25-16-6-3-10-22-19(16)24-12-4-8-18(24)21(25)9-13-23(15-21)20(26)17-7-5-14-27-17;3-2(4,5)1(6)7/h3-8,10,12,14H,2,9,11,13,15H2,1H3;(H,6,7). The van der Waals surface area contributed by atoms with Crippen molar-refractivity contribution in [2.45, 2.75) is 31.5 Å². The van der Waals surface area contributed by atoms with Crippen LogP contribution >= 0.6 is 11.3 Å². The summed E-state index contributed by atoms with van der Waals surface area (Å²) in [4.78, 5) is 31.9. The van der Waals surface area contributed by atoms with Crippen LogP contribution in [0.3, 0.4) is 0 Å². The minimum absolute atomic E-state index is 0.147. The number of amides is 1. The van der Waals surface area contributed by atoms with Gasteiger partial charge < -0.3 is 19.5 Å². The van der Waals surface area contributed by atoms with Gasteiger partial charge >= 0.3 is 12.1 Å². The zero-order chi connectivity index (χ0) is 24.5. The lowest BCUT2D eigenvalue weighted by Crippen LogP contribution is -2.53. The van der Waals surface area contributed by atoms with Crippen molar-refractivity contribution < 1.29 is 27.9 Å². The molecule has 5 heterocycles. The summed E-state index contributed by atoms with van der Waals surface area (Å²) in [5.74, 6) is -1.62. The number of anilines is 1. The molecule has 0 bridgehead atoms. The van der Waals surface area contributed by atoms with Crippen LogP contribution < -0.4 is 4.90 Å². The largest absolute Gasteiger partial charge is 0.490 e. The summed E-state index contributed by atoms with van der Waals surface area (Å²) in [6.45, 7) is 4.64. The molecule has 34 heavy (non-hydrogen) atoms. The second-order valence-electron chi connectivity index (χ2n) is 8.05. The van der Waals surface area contributed by atoms with E-state index in [-0.39, 0.29) is 11.4 Å². The molecule has 0 saturated carbocycles. The summed E-state index contributed by atoms with van der Waals surface area (Å²) in [6, 6.07) is 12.3. The highest BCUT2D eigenvalue weighted by Gasteiger charge is 2.50. The number of hydrogen-bond donors (Lipinski definition) is 1. The topological polar surface area (TPSA) is 78.7 Å². The molecule has 1 unspecified atom stereocenters. The van der Waals surface area contributed by atoms with Crippen molar-refractivity contribution in [3.8, 4) is 5.82 Å². The van der Waals surface area contributed by atoms with E-state index in [1.807, 2.05) is 34.7 Å². The molecule has 0 aliphatic carbocycles. The number of carbonyl (C=O) groups excluding carboxylic acids is 1. The number of nitrogens with zero attached hydrogens (tertiary/aromatic N) is 4. The van der Waals surface area contributed by atoms with E-state index in [2.05, 4.69) is 45.8 Å². The number of halogens is 3. The number of pyridine rings is 1. The van der Waals surface area contributed by atoms with E-state index in [4.69, 9.17) is 9.90 Å². The van der Waals surface area contributed by atoms with Crippen molar-refractivity contribution in [3.63, 3.8) is 0 Å². The number of thiophene rings is 1. The van der Waals surface area contributed by atoms with E-state index in [0.29, 0.717) is 6.54 Å². The molecular weight excluding hydrogens is 469 g/mol. The maximum atomic E-state index is 13.0. The van der Waals surface area contributed by atoms with Gasteiger partial charge in [0.2, 0.25) is 0 Å². The first-order chi connectivity index (χ1) is 16.2. The number of hydrogen-bond acceptors (Lipinski definition) is 5. The SMILES string of the molecule is CCCN1c2cccnc2-n2cccc2C12CCN(C(=O)c1cccs1)C2.O=C(O)C(F)(F)F. The third-order valence-corrected chi connectivity index (χ3v) is 6.84. The third-order valence-electron chi connectivity index (χ3n) is 5.98. The van der Waals surface area contributed by atoms with Gasteiger partial charge in [0.15, 0.2) is 5.82 Å². The van der Waals surface area contributed by atoms with E-state index < -0.39 is 12.1 Å². The van der Waals surface area contributed by atoms with Gasteiger partial charge in [-0.1, -0.05) is 13.0 Å². The zero-order valence-electron chi connectivity index (χ0n) is 18.3. The second-order valence-corrected chi connectivity index (χ2v) is 9.00. The predicted octanol–water partition coefficient (Wildman–Crippen LogP) is 4.54. The number of rotatable bonds is 3. The maximum Gasteiger partial charge on any atom is 0.490 e. The molecule has 1 fully saturated rings. The first-order valence-corrected chi connectivity index (χ1v) is 11.6. The molecule has 0 radical (unpaired) electrons. The van der Waals surface area contributed by atoms with Crippen LogP contribution in [0, 0.1) is 0 Å². The number of aliphatic carboxylic acids is 1. The fourth-order valence-corrected chi connectivity index (χ4v) is 5.30. The van der Waals surface area contributed by atoms with Crippen molar-refractivity contribution in [1.82, 2.24) is 14.5 Å². The molecular formula is C23H23F3N4O3S. The van der Waals surface area contributed by atoms with Crippen LogP contribution in [0.15, 0.2) is 54.2 Å². The first kappa shape index (κ1) is 23.8. The normalized spacial score (nSPS) is 18.8. The number of fused-ring (bicyclic) bond motifs is 4. The monoisotopic (exact) mass is 492 g/mol. The van der Waals surface area contributed by atoms with Gasteiger partial charge in [-0.3, -0.25) is 4.79 Å². The van der Waals surface area contributed by atoms with Gasteiger partial charge in [0.05, 0.1) is 16.3 Å². The Labute approximate surface area is 198 Å². The smallest absolute Gasteiger partial charge is 0.475 e. The summed E-state index contributed by atoms with van der Waals surface area (Å²) in [5, 5.41) is 9.09. The van der Waals surface area contributed by atoms with Crippen LogP contribution in [-0.2, 0) is 10.3 Å². The highest BCUT2D eigenvalue weighted by molar-refractivity contribution is 7.12. The molecule has 3 aromatic rings. The zero-order valence-corrected chi connectivity index (χ0v) is 19.1. The molecule has 180 valence electrons. The summed E-state index contributed by atoms with van der Waals surface area (Å²) in [6.07, 6.45) is 0.847. The van der Waals surface area contributed by atoms with Crippen LogP contribution in [0.1, 0.15) is 35.1 Å². The summed E-state index contributed by atoms with van der Waals surface area (Å²) in [7, 11) is 0. The first-order valence-electron chi connectivity index (χ1n) is 10.7. The van der Waals surface area contributed by atoms with Gasteiger partial charge in [0.25, 0.3) is 5.91 Å². The fraction of sp³-hybridized carbons (Fsp3) is 0.348. The van der Waals surface area contributed by atoms with Gasteiger partial charge in [-0.15, -0.1) is 11.3 Å². The maximum absolute atomic E-state index is 13.0. The van der Waals surface area contributed by atoms with Gasteiger partial charge in [-0.25, -0.2) is 9.78 Å². The van der Waals surface area contributed by atoms with Crippen molar-refractivity contribution in [1.29, 1.82) is 0 Å². The molecule has 1 atom stereocenters. The van der Waals surface area contributed by atoms with Gasteiger partial charge in [-0.2, -0.15) is 13.2 Å². The van der Waals surface area contributed by atoms with Crippen LogP contribution in [0.2, 0.25) is 0 Å². The number of aromatic nitrogens is 2. The molecule has 1 saturated heterocycles. The van der Waals surface area contributed by atoms with E-state index >= 15 is 0 Å². The highest BCUT2D eigenvalue weighted by atomic mass is 32.1. The Morgan fingerprint density at radius 3 is 2.62 bits per heavy atom. The molecule has 3 aromatic heterocycles. The Kier molecular flexibility index (Phi) is 6.39. The van der Waals surface area contributed by atoms with Crippen molar-refractivity contribution in [2.24, 2.45) is 0 Å². The van der Waals surface area contributed by atoms with Gasteiger partial charge in [0.1, 0.15) is 5.54 Å². The minimum atomic E-state index is -5.08. The van der Waals surface area contributed by atoms with Crippen LogP contribution in [0.25, 0.3) is 5.82 Å². The predicted molar refractivity (Wildman–Crippen MR) is 121 cm³/mol. The van der Waals surface area contributed by atoms with E-state index in [0.717, 1.165) is 42.3 Å². The summed E-state index contributed by atoms with van der Waals surface area (Å²) in [5.41, 5.74) is 2.21. The highest BCUT2D eigenvalue weighted by Crippen LogP contribution is 2.47. The summed E-state index contributed by atoms with van der Waals surface area (Å²) < 4.78 is 33.9. The lowest BCUT2D eigenvalue weighted by Gasteiger charge is -2.47. The number of carboxylic acid groups (broad SMARTS) is 1. The molecule has 0 aromatic carbocycles. The third kappa shape index (κ3) is 4.15. The number of alkyl halides is 3. The Morgan fingerprint density at radius 1 is 1.21 bits per heavy atom. The van der Waals surface area contributed by atoms with Gasteiger partial charge in [0, 0.05) is 32.0 Å². The van der Waals surface area contributed by atoms with Gasteiger partial charge in [-0.05, 0) is 48.6 Å². The second kappa shape index (κ2) is 9.13. The van der Waals surface area contributed by atoms with E-state index in [1.165, 1.54) is 17.0 Å². The Morgan fingerprint density at radius 2 is 1.97 bits per heavy atom. The quantitative estimate of drug-likeness (QED) is 0.581. The van der Waals surface area contributed by atoms with Crippen molar-refractivity contribution in [2.75, 3.05) is 24.5 Å². The van der Waals surface area contributed by atoms with Crippen LogP contribution in [-0.4, -0.2) is 57.2 Å². The fourth-order valence-electron chi connectivity index (χ4n) is 4.61. The molecule has 7 nitrogen and oxygen atoms in total. The summed E-state index contributed by atoms with van der Waals surface area (Å²) >= 11 is 1.52. The Hall–Kier alpha value is -3.34. The number of carboxylic acids is 1. The molecule has 1 N–H and O–H groups in total. The van der Waals surface area contributed by atoms with E-state index in [9.17, 15) is 18.0 Å². The Balaban J connectivity index is 0.000000344. The lowest BCUT2D eigenvalue weighted by molar-refractivity contribution is -0.192. The number of likely N-dealkylation sites (tertiary alicyclic amines) is 1.